The Bertz CT molecular complexity index is 490. The van der Waals surface area contributed by atoms with E-state index in [1.807, 2.05) is 13.0 Å². The first-order valence-electron chi connectivity index (χ1n) is 4.25. The molecule has 0 aromatic carbocycles. The molecule has 0 bridgehead atoms. The number of nitrogens with zero attached hydrogens (tertiary/aromatic N) is 2. The lowest BCUT2D eigenvalue weighted by molar-refractivity contribution is -0.136. The highest BCUT2D eigenvalue weighted by Crippen LogP contribution is 2.27. The molecule has 4 nitrogen and oxygen atoms in total. The summed E-state index contributed by atoms with van der Waals surface area (Å²) in [6.07, 6.45) is -0.0196. The predicted molar refractivity (Wildman–Crippen MR) is 59.3 cm³/mol. The lowest BCUT2D eigenvalue weighted by atomic mass is 10.3. The molecule has 2 aromatic rings. The van der Waals surface area contributed by atoms with Crippen LogP contribution >= 0.6 is 22.9 Å². The van der Waals surface area contributed by atoms with Crippen molar-refractivity contribution in [2.24, 2.45) is 0 Å². The molecule has 2 aromatic heterocycles. The van der Waals surface area contributed by atoms with Crippen molar-refractivity contribution in [3.05, 3.63) is 22.8 Å². The van der Waals surface area contributed by atoms with Crippen molar-refractivity contribution in [1.82, 2.24) is 9.36 Å². The van der Waals surface area contributed by atoms with E-state index < -0.39 is 5.97 Å². The first kappa shape index (κ1) is 10.3. The molecule has 2 rings (SSSR count). The van der Waals surface area contributed by atoms with Crippen molar-refractivity contribution in [1.29, 1.82) is 0 Å². The molecule has 0 fully saturated rings. The van der Waals surface area contributed by atoms with Crippen LogP contribution in [0.4, 0.5) is 0 Å². The van der Waals surface area contributed by atoms with Crippen LogP contribution in [0.25, 0.3) is 9.88 Å². The van der Waals surface area contributed by atoms with Crippen LogP contribution in [0.15, 0.2) is 11.4 Å². The molecule has 0 saturated heterocycles. The number of rotatable bonds is 3. The van der Waals surface area contributed by atoms with Crippen LogP contribution in [0.3, 0.4) is 0 Å². The largest absolute Gasteiger partial charge is 0.481 e. The highest BCUT2D eigenvalue weighted by atomic mass is 32.1. The maximum absolute atomic E-state index is 10.5. The normalized spacial score (nSPS) is 10.5. The summed E-state index contributed by atoms with van der Waals surface area (Å²) in [4.78, 5) is 15.7. The molecule has 0 saturated carbocycles. The van der Waals surface area contributed by atoms with Crippen LogP contribution in [0.1, 0.15) is 11.4 Å². The van der Waals surface area contributed by atoms with Gasteiger partial charge in [0.25, 0.3) is 0 Å². The number of aryl methyl sites for hydroxylation is 1. The Morgan fingerprint density at radius 3 is 3.00 bits per heavy atom. The number of hydrogen-bond donors (Lipinski definition) is 1. The summed E-state index contributed by atoms with van der Waals surface area (Å²) in [5.41, 5.74) is 1.57. The van der Waals surface area contributed by atoms with Gasteiger partial charge in [-0.2, -0.15) is 4.37 Å². The third-order valence-electron chi connectivity index (χ3n) is 1.72. The fourth-order valence-corrected chi connectivity index (χ4v) is 2.75. The Labute approximate surface area is 94.4 Å². The molecule has 0 aliphatic carbocycles. The van der Waals surface area contributed by atoms with Crippen LogP contribution < -0.4 is 0 Å². The summed E-state index contributed by atoms with van der Waals surface area (Å²) in [7, 11) is 0. The molecule has 6 heteroatoms. The molecule has 0 unspecified atom stereocenters. The van der Waals surface area contributed by atoms with Gasteiger partial charge in [0.2, 0.25) is 0 Å². The van der Waals surface area contributed by atoms with Crippen molar-refractivity contribution < 1.29 is 9.90 Å². The fourth-order valence-electron chi connectivity index (χ4n) is 1.12. The van der Waals surface area contributed by atoms with Crippen molar-refractivity contribution >= 4 is 28.8 Å². The van der Waals surface area contributed by atoms with E-state index in [-0.39, 0.29) is 6.42 Å². The summed E-state index contributed by atoms with van der Waals surface area (Å²) >= 11 is 2.84. The van der Waals surface area contributed by atoms with Crippen LogP contribution in [0.5, 0.6) is 0 Å². The lowest BCUT2D eigenvalue weighted by Gasteiger charge is -1.87. The van der Waals surface area contributed by atoms with Gasteiger partial charge in [-0.05, 0) is 24.5 Å². The SMILES string of the molecule is Cc1cc(-c2nc(CC(=O)O)cs2)sn1. The van der Waals surface area contributed by atoms with E-state index in [1.54, 1.807) is 5.38 Å². The van der Waals surface area contributed by atoms with Gasteiger partial charge in [0, 0.05) is 5.38 Å². The number of thiazole rings is 1. The third-order valence-corrected chi connectivity index (χ3v) is 3.66. The van der Waals surface area contributed by atoms with E-state index in [9.17, 15) is 4.79 Å². The van der Waals surface area contributed by atoms with Gasteiger partial charge < -0.3 is 5.11 Å². The maximum atomic E-state index is 10.5. The minimum Gasteiger partial charge on any atom is -0.481 e. The Hall–Kier alpha value is -1.27. The minimum atomic E-state index is -0.854. The van der Waals surface area contributed by atoms with Crippen LogP contribution in [-0.4, -0.2) is 20.4 Å². The van der Waals surface area contributed by atoms with E-state index in [0.29, 0.717) is 5.69 Å². The number of carboxylic acid groups (broad SMARTS) is 1. The average molecular weight is 240 g/mol. The van der Waals surface area contributed by atoms with Gasteiger partial charge in [-0.1, -0.05) is 0 Å². The van der Waals surface area contributed by atoms with Crippen LogP contribution in [0, 0.1) is 6.92 Å². The Morgan fingerprint density at radius 2 is 2.40 bits per heavy atom. The van der Waals surface area contributed by atoms with Gasteiger partial charge in [0.1, 0.15) is 5.01 Å². The zero-order valence-corrected chi connectivity index (χ0v) is 9.56. The number of carboxylic acids is 1. The number of carbonyl (C=O) groups is 1. The highest BCUT2D eigenvalue weighted by molar-refractivity contribution is 7.18. The summed E-state index contributed by atoms with van der Waals surface area (Å²) in [5, 5.41) is 11.2. The molecule has 78 valence electrons. The molecule has 15 heavy (non-hydrogen) atoms. The first-order valence-corrected chi connectivity index (χ1v) is 5.90. The predicted octanol–water partition coefficient (Wildman–Crippen LogP) is 2.20. The van der Waals surface area contributed by atoms with Gasteiger partial charge in [-0.3, -0.25) is 4.79 Å². The molecule has 0 aliphatic heterocycles. The maximum Gasteiger partial charge on any atom is 0.309 e. The molecule has 0 aliphatic rings. The molecule has 1 N–H and O–H groups in total. The van der Waals surface area contributed by atoms with Crippen LogP contribution in [0.2, 0.25) is 0 Å². The summed E-state index contributed by atoms with van der Waals surface area (Å²) < 4.78 is 4.16. The van der Waals surface area contributed by atoms with E-state index in [0.717, 1.165) is 15.6 Å². The topological polar surface area (TPSA) is 63.1 Å². The second kappa shape index (κ2) is 4.08. The fraction of sp³-hybridized carbons (Fsp3) is 0.222. The highest BCUT2D eigenvalue weighted by Gasteiger charge is 2.09. The van der Waals surface area contributed by atoms with Crippen molar-refractivity contribution in [3.63, 3.8) is 0 Å². The van der Waals surface area contributed by atoms with Crippen molar-refractivity contribution in [3.8, 4) is 9.88 Å². The summed E-state index contributed by atoms with van der Waals surface area (Å²) in [5.74, 6) is -0.854. The number of aromatic nitrogens is 2. The van der Waals surface area contributed by atoms with Gasteiger partial charge in [0.05, 0.1) is 22.7 Å². The van der Waals surface area contributed by atoms with Gasteiger partial charge in [-0.25, -0.2) is 4.98 Å². The molecule has 0 radical (unpaired) electrons. The second-order valence-corrected chi connectivity index (χ2v) is 4.71. The van der Waals surface area contributed by atoms with Gasteiger partial charge in [-0.15, -0.1) is 11.3 Å². The minimum absolute atomic E-state index is 0.0196. The Kier molecular flexibility index (Phi) is 2.79. The zero-order valence-electron chi connectivity index (χ0n) is 7.93. The molecule has 0 amide bonds. The van der Waals surface area contributed by atoms with E-state index in [2.05, 4.69) is 9.36 Å². The molecule has 0 spiro atoms. The Balaban J connectivity index is 2.23. The van der Waals surface area contributed by atoms with Crippen molar-refractivity contribution in [2.75, 3.05) is 0 Å². The lowest BCUT2D eigenvalue weighted by Crippen LogP contribution is -1.99. The smallest absolute Gasteiger partial charge is 0.309 e. The molecular weight excluding hydrogens is 232 g/mol. The van der Waals surface area contributed by atoms with Gasteiger partial charge in [0.15, 0.2) is 0 Å². The first-order chi connectivity index (χ1) is 7.15. The van der Waals surface area contributed by atoms with Crippen LogP contribution in [-0.2, 0) is 11.2 Å². The molecular formula is C9H8N2O2S2. The molecule has 2 heterocycles. The Morgan fingerprint density at radius 1 is 1.60 bits per heavy atom. The monoisotopic (exact) mass is 240 g/mol. The molecule has 0 atom stereocenters. The van der Waals surface area contributed by atoms with Crippen molar-refractivity contribution in [2.45, 2.75) is 13.3 Å². The second-order valence-electron chi connectivity index (χ2n) is 3.05. The van der Waals surface area contributed by atoms with Gasteiger partial charge >= 0.3 is 5.97 Å². The van der Waals surface area contributed by atoms with E-state index in [4.69, 9.17) is 5.11 Å². The third kappa shape index (κ3) is 2.40. The number of aliphatic carboxylic acids is 1. The average Bonchev–Trinajstić information content (AvgIpc) is 2.72. The zero-order chi connectivity index (χ0) is 10.8. The standard InChI is InChI=1S/C9H8N2O2S2/c1-5-2-7(15-11-5)9-10-6(4-14-9)3-8(12)13/h2,4H,3H2,1H3,(H,12,13). The summed E-state index contributed by atoms with van der Waals surface area (Å²) in [6, 6.07) is 1.95. The summed E-state index contributed by atoms with van der Waals surface area (Å²) in [6.45, 7) is 1.92. The van der Waals surface area contributed by atoms with E-state index in [1.165, 1.54) is 22.9 Å². The number of hydrogen-bond acceptors (Lipinski definition) is 5. The quantitative estimate of drug-likeness (QED) is 0.893. The van der Waals surface area contributed by atoms with E-state index >= 15 is 0 Å².